The molecule has 1 saturated heterocycles. The van der Waals surface area contributed by atoms with Crippen LogP contribution in [-0.2, 0) is 16.1 Å². The van der Waals surface area contributed by atoms with Gasteiger partial charge in [-0.3, -0.25) is 19.2 Å². The topological polar surface area (TPSA) is 80.1 Å². The van der Waals surface area contributed by atoms with Crippen LogP contribution in [-0.4, -0.2) is 50.8 Å². The van der Waals surface area contributed by atoms with Crippen molar-refractivity contribution in [2.75, 3.05) is 13.1 Å². The minimum atomic E-state index is -0.383. The van der Waals surface area contributed by atoms with E-state index in [-0.39, 0.29) is 24.3 Å². The van der Waals surface area contributed by atoms with E-state index in [9.17, 15) is 9.59 Å². The van der Waals surface area contributed by atoms with Crippen molar-refractivity contribution in [3.05, 3.63) is 12.4 Å². The number of likely N-dealkylation sites (N-methyl/N-ethyl adjacent to an activating group) is 1. The minimum absolute atomic E-state index is 0.101. The van der Waals surface area contributed by atoms with E-state index >= 15 is 0 Å². The molecule has 0 aliphatic carbocycles. The number of rotatable bonds is 5. The van der Waals surface area contributed by atoms with Crippen molar-refractivity contribution in [1.29, 1.82) is 0 Å². The lowest BCUT2D eigenvalue weighted by Gasteiger charge is -2.12. The molecule has 7 heteroatoms. The quantitative estimate of drug-likeness (QED) is 0.665. The molecule has 0 spiro atoms. The van der Waals surface area contributed by atoms with Gasteiger partial charge >= 0.3 is 0 Å². The summed E-state index contributed by atoms with van der Waals surface area (Å²) in [5, 5.41) is 10.6. The van der Waals surface area contributed by atoms with E-state index in [1.165, 1.54) is 4.90 Å². The molecule has 0 radical (unpaired) electrons. The molecule has 1 unspecified atom stereocenters. The fourth-order valence-corrected chi connectivity index (χ4v) is 1.88. The number of nitrogens with zero attached hydrogens (tertiary/aromatic N) is 4. The molecule has 1 fully saturated rings. The number of nitrogens with one attached hydrogen (secondary N) is 1. The summed E-state index contributed by atoms with van der Waals surface area (Å²) < 4.78 is 1.67. The molecular formula is C10H15N5O2. The van der Waals surface area contributed by atoms with E-state index in [1.807, 2.05) is 0 Å². The van der Waals surface area contributed by atoms with Crippen molar-refractivity contribution < 1.29 is 9.59 Å². The van der Waals surface area contributed by atoms with Gasteiger partial charge in [0.1, 0.15) is 0 Å². The summed E-state index contributed by atoms with van der Waals surface area (Å²) in [6.07, 6.45) is 3.61. The van der Waals surface area contributed by atoms with E-state index < -0.39 is 0 Å². The van der Waals surface area contributed by atoms with Gasteiger partial charge in [-0.05, 0) is 6.92 Å². The zero-order chi connectivity index (χ0) is 12.3. The normalized spacial score (nSPS) is 20.3. The van der Waals surface area contributed by atoms with Gasteiger partial charge in [0.2, 0.25) is 11.8 Å². The van der Waals surface area contributed by atoms with Gasteiger partial charge in [-0.2, -0.15) is 0 Å². The Balaban J connectivity index is 1.80. The van der Waals surface area contributed by atoms with Gasteiger partial charge in [0.25, 0.3) is 0 Å². The number of carbonyl (C=O) groups excluding carboxylic acids is 2. The van der Waals surface area contributed by atoms with Crippen LogP contribution in [0.2, 0.25) is 0 Å². The van der Waals surface area contributed by atoms with Crippen LogP contribution in [0.1, 0.15) is 13.3 Å². The third-order valence-corrected chi connectivity index (χ3v) is 2.76. The van der Waals surface area contributed by atoms with Crippen molar-refractivity contribution >= 4 is 11.8 Å². The second-order valence-corrected chi connectivity index (χ2v) is 3.85. The Hall–Kier alpha value is -1.76. The first-order valence-electron chi connectivity index (χ1n) is 5.64. The first-order chi connectivity index (χ1) is 8.22. The molecule has 0 saturated carbocycles. The fraction of sp³-hybridized carbons (Fsp3) is 0.600. The van der Waals surface area contributed by atoms with Crippen molar-refractivity contribution in [2.24, 2.45) is 0 Å². The van der Waals surface area contributed by atoms with Gasteiger partial charge in [-0.15, -0.1) is 5.10 Å². The summed E-state index contributed by atoms with van der Waals surface area (Å²) in [6.45, 7) is 3.46. The molecule has 2 rings (SSSR count). The average molecular weight is 237 g/mol. The van der Waals surface area contributed by atoms with Crippen molar-refractivity contribution in [3.63, 3.8) is 0 Å². The van der Waals surface area contributed by atoms with Crippen molar-refractivity contribution in [2.45, 2.75) is 25.9 Å². The van der Waals surface area contributed by atoms with Gasteiger partial charge in [0.05, 0.1) is 25.2 Å². The van der Waals surface area contributed by atoms with Crippen molar-refractivity contribution in [3.8, 4) is 0 Å². The molecule has 17 heavy (non-hydrogen) atoms. The highest BCUT2D eigenvalue weighted by molar-refractivity contribution is 6.05. The SMILES string of the molecule is CCN1C(=O)CC(NCCn2ccnn2)C1=O. The van der Waals surface area contributed by atoms with Gasteiger partial charge in [0, 0.05) is 19.3 Å². The summed E-state index contributed by atoms with van der Waals surface area (Å²) >= 11 is 0. The largest absolute Gasteiger partial charge is 0.304 e. The monoisotopic (exact) mass is 237 g/mol. The lowest BCUT2D eigenvalue weighted by Crippen LogP contribution is -2.39. The molecule has 1 aliphatic heterocycles. The minimum Gasteiger partial charge on any atom is -0.304 e. The van der Waals surface area contributed by atoms with Crippen LogP contribution in [0.5, 0.6) is 0 Å². The molecule has 1 N–H and O–H groups in total. The number of likely N-dealkylation sites (tertiary alicyclic amines) is 1. The van der Waals surface area contributed by atoms with E-state index in [4.69, 9.17) is 0 Å². The highest BCUT2D eigenvalue weighted by Gasteiger charge is 2.36. The summed E-state index contributed by atoms with van der Waals surface area (Å²) in [7, 11) is 0. The smallest absolute Gasteiger partial charge is 0.246 e. The number of amides is 2. The maximum absolute atomic E-state index is 11.7. The second-order valence-electron chi connectivity index (χ2n) is 3.85. The van der Waals surface area contributed by atoms with Crippen LogP contribution in [0.4, 0.5) is 0 Å². The van der Waals surface area contributed by atoms with Crippen LogP contribution in [0.15, 0.2) is 12.4 Å². The second kappa shape index (κ2) is 5.05. The Bertz CT molecular complexity index is 403. The summed E-state index contributed by atoms with van der Waals surface area (Å²) in [4.78, 5) is 24.5. The lowest BCUT2D eigenvalue weighted by molar-refractivity contribution is -0.138. The van der Waals surface area contributed by atoms with Crippen LogP contribution < -0.4 is 5.32 Å². The van der Waals surface area contributed by atoms with Crippen LogP contribution in [0, 0.1) is 0 Å². The van der Waals surface area contributed by atoms with E-state index in [0.717, 1.165) is 0 Å². The molecule has 92 valence electrons. The lowest BCUT2D eigenvalue weighted by atomic mass is 10.2. The van der Waals surface area contributed by atoms with Gasteiger partial charge in [-0.1, -0.05) is 5.21 Å². The van der Waals surface area contributed by atoms with Crippen molar-refractivity contribution in [1.82, 2.24) is 25.2 Å². The predicted molar refractivity (Wildman–Crippen MR) is 58.8 cm³/mol. The number of carbonyl (C=O) groups is 2. The first-order valence-corrected chi connectivity index (χ1v) is 5.64. The van der Waals surface area contributed by atoms with E-state index in [1.54, 1.807) is 24.0 Å². The molecule has 1 aromatic rings. The predicted octanol–water partition coefficient (Wildman–Crippen LogP) is -0.985. The number of aromatic nitrogens is 3. The molecule has 1 atom stereocenters. The molecule has 1 aliphatic rings. The average Bonchev–Trinajstić information content (AvgIpc) is 2.89. The molecule has 2 amide bonds. The molecule has 0 aromatic carbocycles. The number of hydrogen-bond donors (Lipinski definition) is 1. The van der Waals surface area contributed by atoms with Gasteiger partial charge in [-0.25, -0.2) is 0 Å². The molecule has 0 bridgehead atoms. The zero-order valence-electron chi connectivity index (χ0n) is 9.67. The Kier molecular flexibility index (Phi) is 3.48. The van der Waals surface area contributed by atoms with E-state index in [0.29, 0.717) is 19.6 Å². The third kappa shape index (κ3) is 2.50. The summed E-state index contributed by atoms with van der Waals surface area (Å²) in [6, 6.07) is -0.383. The summed E-state index contributed by atoms with van der Waals surface area (Å²) in [5.74, 6) is -0.230. The first kappa shape index (κ1) is 11.7. The highest BCUT2D eigenvalue weighted by atomic mass is 16.2. The molecular weight excluding hydrogens is 222 g/mol. The van der Waals surface area contributed by atoms with Crippen LogP contribution in [0.25, 0.3) is 0 Å². The van der Waals surface area contributed by atoms with Crippen LogP contribution >= 0.6 is 0 Å². The third-order valence-electron chi connectivity index (χ3n) is 2.76. The zero-order valence-corrected chi connectivity index (χ0v) is 9.67. The maximum atomic E-state index is 11.7. The highest BCUT2D eigenvalue weighted by Crippen LogP contribution is 2.11. The Morgan fingerprint density at radius 3 is 2.94 bits per heavy atom. The number of hydrogen-bond acceptors (Lipinski definition) is 5. The Labute approximate surface area is 98.8 Å². The molecule has 1 aromatic heterocycles. The van der Waals surface area contributed by atoms with E-state index in [2.05, 4.69) is 15.6 Å². The molecule has 2 heterocycles. The maximum Gasteiger partial charge on any atom is 0.246 e. The van der Waals surface area contributed by atoms with Gasteiger partial charge in [0.15, 0.2) is 0 Å². The Morgan fingerprint density at radius 2 is 2.35 bits per heavy atom. The standard InChI is InChI=1S/C10H15N5O2/c1-2-15-9(16)7-8(10(15)17)11-3-5-14-6-4-12-13-14/h4,6,8,11H,2-3,5,7H2,1H3. The number of imide groups is 1. The molecule has 7 nitrogen and oxygen atoms in total. The Morgan fingerprint density at radius 1 is 1.53 bits per heavy atom. The van der Waals surface area contributed by atoms with Gasteiger partial charge < -0.3 is 5.32 Å². The fourth-order valence-electron chi connectivity index (χ4n) is 1.88. The summed E-state index contributed by atoms with van der Waals surface area (Å²) in [5.41, 5.74) is 0. The van der Waals surface area contributed by atoms with Crippen LogP contribution in [0.3, 0.4) is 0 Å².